The number of aliphatic carboxylic acids is 1. The summed E-state index contributed by atoms with van der Waals surface area (Å²) >= 11 is 14.1. The van der Waals surface area contributed by atoms with Crippen molar-refractivity contribution in [2.75, 3.05) is 19.3 Å². The number of halogens is 2. The van der Waals surface area contributed by atoms with E-state index < -0.39 is 12.0 Å². The molecule has 0 saturated carbocycles. The van der Waals surface area contributed by atoms with Crippen LogP contribution in [0.15, 0.2) is 59.6 Å². The van der Waals surface area contributed by atoms with Gasteiger partial charge in [-0.1, -0.05) is 47.5 Å². The maximum Gasteiger partial charge on any atom is 0.305 e. The summed E-state index contributed by atoms with van der Waals surface area (Å²) < 4.78 is 0. The second kappa shape index (κ2) is 12.7. The standard InChI is InChI=1S/C28H27Cl2N3O4S/c1-38-23-8-6-17(26(29)27(23)30)7-9-24(34)33-12-10-18(11-13-33)28(37)32-22(15-25(35)36)20-14-19-4-2-3-5-21(19)31-16-20/h2-9,14,16,18,22H,10-13,15H2,1H3,(H,32,37)(H,35,36)/b9-7+. The van der Waals surface area contributed by atoms with E-state index in [1.54, 1.807) is 17.2 Å². The number of aromatic nitrogens is 1. The van der Waals surface area contributed by atoms with Gasteiger partial charge in [0.2, 0.25) is 11.8 Å². The molecule has 7 nitrogen and oxygen atoms in total. The molecule has 38 heavy (non-hydrogen) atoms. The Balaban J connectivity index is 1.36. The molecule has 1 unspecified atom stereocenters. The van der Waals surface area contributed by atoms with Crippen LogP contribution >= 0.6 is 35.0 Å². The van der Waals surface area contributed by atoms with E-state index >= 15 is 0 Å². The number of carboxylic acid groups (broad SMARTS) is 1. The van der Waals surface area contributed by atoms with Crippen LogP contribution in [0.4, 0.5) is 0 Å². The predicted molar refractivity (Wildman–Crippen MR) is 151 cm³/mol. The van der Waals surface area contributed by atoms with Crippen LogP contribution in [0, 0.1) is 5.92 Å². The Labute approximate surface area is 235 Å². The quantitative estimate of drug-likeness (QED) is 0.260. The van der Waals surface area contributed by atoms with Crippen molar-refractivity contribution in [3.8, 4) is 0 Å². The van der Waals surface area contributed by atoms with Crippen LogP contribution in [0.1, 0.15) is 36.4 Å². The third-order valence-corrected chi connectivity index (χ3v) is 8.38. The number of hydrogen-bond acceptors (Lipinski definition) is 5. The van der Waals surface area contributed by atoms with Gasteiger partial charge in [-0.05, 0) is 54.5 Å². The normalized spacial score (nSPS) is 15.1. The Morgan fingerprint density at radius 1 is 1.16 bits per heavy atom. The summed E-state index contributed by atoms with van der Waals surface area (Å²) in [7, 11) is 0. The lowest BCUT2D eigenvalue weighted by atomic mass is 9.94. The number of carbonyl (C=O) groups excluding carboxylic acids is 2. The Kier molecular flexibility index (Phi) is 9.31. The van der Waals surface area contributed by atoms with E-state index in [9.17, 15) is 19.5 Å². The average molecular weight is 573 g/mol. The fraction of sp³-hybridized carbons (Fsp3) is 0.286. The van der Waals surface area contributed by atoms with Gasteiger partial charge in [-0.15, -0.1) is 11.8 Å². The van der Waals surface area contributed by atoms with Crippen LogP contribution in [-0.4, -0.2) is 52.1 Å². The van der Waals surface area contributed by atoms with Crippen LogP contribution in [0.3, 0.4) is 0 Å². The largest absolute Gasteiger partial charge is 0.481 e. The summed E-state index contributed by atoms with van der Waals surface area (Å²) in [6.45, 7) is 0.838. The molecule has 2 heterocycles. The zero-order chi connectivity index (χ0) is 27.2. The number of nitrogens with zero attached hydrogens (tertiary/aromatic N) is 2. The summed E-state index contributed by atoms with van der Waals surface area (Å²) in [5.41, 5.74) is 2.09. The van der Waals surface area contributed by atoms with E-state index in [4.69, 9.17) is 23.2 Å². The highest BCUT2D eigenvalue weighted by atomic mass is 35.5. The second-order valence-electron chi connectivity index (χ2n) is 9.04. The van der Waals surface area contributed by atoms with Gasteiger partial charge in [0.15, 0.2) is 0 Å². The van der Waals surface area contributed by atoms with Gasteiger partial charge in [-0.3, -0.25) is 19.4 Å². The van der Waals surface area contributed by atoms with Gasteiger partial charge in [0.1, 0.15) is 0 Å². The highest BCUT2D eigenvalue weighted by molar-refractivity contribution is 7.98. The highest BCUT2D eigenvalue weighted by Crippen LogP contribution is 2.35. The van der Waals surface area contributed by atoms with Gasteiger partial charge in [0.05, 0.1) is 28.0 Å². The number of piperidine rings is 1. The fourth-order valence-electron chi connectivity index (χ4n) is 4.46. The number of amides is 2. The van der Waals surface area contributed by atoms with Gasteiger partial charge in [0.25, 0.3) is 0 Å². The number of benzene rings is 2. The molecule has 10 heteroatoms. The van der Waals surface area contributed by atoms with E-state index in [2.05, 4.69) is 10.3 Å². The van der Waals surface area contributed by atoms with Crippen LogP contribution in [0.5, 0.6) is 0 Å². The number of likely N-dealkylation sites (tertiary alicyclic amines) is 1. The van der Waals surface area contributed by atoms with Gasteiger partial charge in [0, 0.05) is 41.6 Å². The zero-order valence-corrected chi connectivity index (χ0v) is 23.0. The van der Waals surface area contributed by atoms with Crippen molar-refractivity contribution in [3.05, 3.63) is 75.9 Å². The van der Waals surface area contributed by atoms with Crippen molar-refractivity contribution in [3.63, 3.8) is 0 Å². The lowest BCUT2D eigenvalue weighted by molar-refractivity contribution is -0.138. The van der Waals surface area contributed by atoms with E-state index in [1.165, 1.54) is 17.8 Å². The van der Waals surface area contributed by atoms with Crippen LogP contribution < -0.4 is 5.32 Å². The molecule has 1 aliphatic heterocycles. The number of thioether (sulfide) groups is 1. The summed E-state index contributed by atoms with van der Waals surface area (Å²) in [5, 5.41) is 14.1. The molecule has 1 aliphatic rings. The van der Waals surface area contributed by atoms with Crippen molar-refractivity contribution < 1.29 is 19.5 Å². The number of carbonyl (C=O) groups is 3. The lowest BCUT2D eigenvalue weighted by Gasteiger charge is -2.31. The Hall–Kier alpha value is -3.07. The first-order valence-corrected chi connectivity index (χ1v) is 14.1. The summed E-state index contributed by atoms with van der Waals surface area (Å²) in [6, 6.07) is 12.4. The average Bonchev–Trinajstić information content (AvgIpc) is 2.93. The minimum atomic E-state index is -1.01. The molecule has 2 amide bonds. The summed E-state index contributed by atoms with van der Waals surface area (Å²) in [6.07, 6.45) is 7.34. The third-order valence-electron chi connectivity index (χ3n) is 6.59. The third kappa shape index (κ3) is 6.67. The SMILES string of the molecule is CSc1ccc(/C=C/C(=O)N2CCC(C(=O)NC(CC(=O)O)c3cnc4ccccc4c3)CC2)c(Cl)c1Cl. The Morgan fingerprint density at radius 2 is 1.89 bits per heavy atom. The topological polar surface area (TPSA) is 99.6 Å². The molecule has 0 bridgehead atoms. The second-order valence-corrected chi connectivity index (χ2v) is 10.6. The van der Waals surface area contributed by atoms with Crippen molar-refractivity contribution in [1.82, 2.24) is 15.2 Å². The number of hydrogen-bond donors (Lipinski definition) is 2. The smallest absolute Gasteiger partial charge is 0.305 e. The zero-order valence-electron chi connectivity index (χ0n) is 20.7. The first-order valence-electron chi connectivity index (χ1n) is 12.1. The maximum atomic E-state index is 13.1. The first kappa shape index (κ1) is 28.0. The molecular formula is C28H27Cl2N3O4S. The Morgan fingerprint density at radius 3 is 2.61 bits per heavy atom. The molecule has 1 aromatic heterocycles. The minimum absolute atomic E-state index is 0.170. The van der Waals surface area contributed by atoms with E-state index in [1.807, 2.05) is 48.7 Å². The molecular weight excluding hydrogens is 545 g/mol. The van der Waals surface area contributed by atoms with E-state index in [-0.39, 0.29) is 24.2 Å². The molecule has 0 radical (unpaired) electrons. The number of nitrogens with one attached hydrogen (secondary N) is 1. The molecule has 3 aromatic rings. The number of pyridine rings is 1. The molecule has 2 N–H and O–H groups in total. The maximum absolute atomic E-state index is 13.1. The van der Waals surface area contributed by atoms with Gasteiger partial charge < -0.3 is 15.3 Å². The van der Waals surface area contributed by atoms with Gasteiger partial charge in [-0.2, -0.15) is 0 Å². The van der Waals surface area contributed by atoms with Crippen molar-refractivity contribution in [1.29, 1.82) is 0 Å². The van der Waals surface area contributed by atoms with Gasteiger partial charge >= 0.3 is 5.97 Å². The fourth-order valence-corrected chi connectivity index (χ4v) is 5.63. The lowest BCUT2D eigenvalue weighted by Crippen LogP contribution is -2.43. The predicted octanol–water partition coefficient (Wildman–Crippen LogP) is 5.85. The van der Waals surface area contributed by atoms with E-state index in [0.717, 1.165) is 15.8 Å². The summed E-state index contributed by atoms with van der Waals surface area (Å²) in [5.74, 6) is -1.72. The molecule has 1 fully saturated rings. The highest BCUT2D eigenvalue weighted by Gasteiger charge is 2.29. The van der Waals surface area contributed by atoms with Crippen LogP contribution in [0.25, 0.3) is 17.0 Å². The molecule has 1 atom stereocenters. The minimum Gasteiger partial charge on any atom is -0.481 e. The molecule has 2 aromatic carbocycles. The molecule has 1 saturated heterocycles. The molecule has 0 spiro atoms. The van der Waals surface area contributed by atoms with Crippen LogP contribution in [-0.2, 0) is 14.4 Å². The summed E-state index contributed by atoms with van der Waals surface area (Å²) in [4.78, 5) is 44.3. The van der Waals surface area contributed by atoms with Crippen molar-refractivity contribution in [2.24, 2.45) is 5.92 Å². The Bertz CT molecular complexity index is 1390. The number of carboxylic acids is 1. The molecule has 198 valence electrons. The molecule has 4 rings (SSSR count). The van der Waals surface area contributed by atoms with Crippen molar-refractivity contribution in [2.45, 2.75) is 30.2 Å². The van der Waals surface area contributed by atoms with Gasteiger partial charge in [-0.25, -0.2) is 0 Å². The monoisotopic (exact) mass is 571 g/mol. The number of fused-ring (bicyclic) bond motifs is 1. The van der Waals surface area contributed by atoms with Crippen LogP contribution in [0.2, 0.25) is 10.0 Å². The first-order chi connectivity index (χ1) is 18.3. The number of rotatable bonds is 8. The van der Waals surface area contributed by atoms with E-state index in [0.29, 0.717) is 47.1 Å². The number of para-hydroxylation sites is 1. The van der Waals surface area contributed by atoms with Crippen molar-refractivity contribution >= 4 is 69.7 Å². The molecule has 0 aliphatic carbocycles.